The van der Waals surface area contributed by atoms with Crippen LogP contribution in [0.15, 0.2) is 89.3 Å². The van der Waals surface area contributed by atoms with Crippen LogP contribution < -0.4 is 0 Å². The number of nitrogens with zero attached hydrogens (tertiary/aromatic N) is 3. The van der Waals surface area contributed by atoms with Crippen molar-refractivity contribution in [1.29, 1.82) is 0 Å². The summed E-state index contributed by atoms with van der Waals surface area (Å²) in [6.07, 6.45) is 1.07. The van der Waals surface area contributed by atoms with Crippen LogP contribution in [0.2, 0.25) is 0 Å². The zero-order valence-electron chi connectivity index (χ0n) is 21.6. The summed E-state index contributed by atoms with van der Waals surface area (Å²) in [7, 11) is 0. The Morgan fingerprint density at radius 1 is 0.730 bits per heavy atom. The van der Waals surface area contributed by atoms with E-state index in [1.807, 2.05) is 0 Å². The van der Waals surface area contributed by atoms with Crippen LogP contribution in [0, 0.1) is 0 Å². The first kappa shape index (κ1) is 22.1. The lowest BCUT2D eigenvalue weighted by atomic mass is 9.82. The fraction of sp³-hybridized carbons (Fsp3) is 0.212. The van der Waals surface area contributed by atoms with Crippen LogP contribution >= 0.6 is 0 Å². The molecule has 0 radical (unpaired) electrons. The van der Waals surface area contributed by atoms with E-state index < -0.39 is 0 Å². The van der Waals surface area contributed by atoms with E-state index in [0.717, 1.165) is 17.5 Å². The summed E-state index contributed by atoms with van der Waals surface area (Å²) in [5.74, 6) is 1.09. The van der Waals surface area contributed by atoms with Crippen LogP contribution in [0.4, 0.5) is 0 Å². The predicted molar refractivity (Wildman–Crippen MR) is 151 cm³/mol. The molecule has 4 aromatic carbocycles. The first-order chi connectivity index (χ1) is 18.0. The van der Waals surface area contributed by atoms with Gasteiger partial charge in [-0.1, -0.05) is 69.3 Å². The quantitative estimate of drug-likeness (QED) is 0.252. The molecule has 0 fully saturated rings. The molecule has 7 rings (SSSR count). The van der Waals surface area contributed by atoms with Gasteiger partial charge in [0, 0.05) is 44.4 Å². The lowest BCUT2D eigenvalue weighted by Crippen LogP contribution is -2.14. The molecule has 2 aromatic heterocycles. The molecule has 0 bridgehead atoms. The molecule has 0 amide bonds. The summed E-state index contributed by atoms with van der Waals surface area (Å²) in [4.78, 5) is 0. The van der Waals surface area contributed by atoms with Crippen LogP contribution in [-0.4, -0.2) is 14.8 Å². The van der Waals surface area contributed by atoms with Crippen LogP contribution in [0.25, 0.3) is 55.8 Å². The largest absolute Gasteiger partial charge is 0.416 e. The Kier molecular flexibility index (Phi) is 4.71. The van der Waals surface area contributed by atoms with E-state index in [1.54, 1.807) is 0 Å². The van der Waals surface area contributed by atoms with E-state index in [-0.39, 0.29) is 5.41 Å². The van der Waals surface area contributed by atoms with Crippen LogP contribution in [0.1, 0.15) is 51.3 Å². The van der Waals surface area contributed by atoms with Crippen molar-refractivity contribution in [3.63, 3.8) is 0 Å². The molecule has 6 aromatic rings. The summed E-state index contributed by atoms with van der Waals surface area (Å²) in [5.41, 5.74) is 9.57. The fourth-order valence-corrected chi connectivity index (χ4v) is 6.09. The zero-order chi connectivity index (χ0) is 25.3. The standard InChI is InChI=1S/C33H29N3O/c1-5-20(2)36-29-13-9-7-11-25(29)26-18-21(15-17-30(26)36)31-34-35-32(37-31)22-14-16-24-23-10-6-8-12-27(23)33(3,4)28(24)19-22/h6-20H,5H2,1-4H3. The van der Waals surface area contributed by atoms with Gasteiger partial charge in [-0.15, -0.1) is 10.2 Å². The summed E-state index contributed by atoms with van der Waals surface area (Å²) < 4.78 is 8.71. The second kappa shape index (κ2) is 7.91. The SMILES string of the molecule is CCC(C)n1c2ccccc2c2cc(-c3nnc(-c4ccc5c(c4)C(C)(C)c4ccccc4-5)o3)ccc21. The normalized spacial score (nSPS) is 14.7. The number of rotatable bonds is 4. The van der Waals surface area contributed by atoms with E-state index in [0.29, 0.717) is 17.8 Å². The maximum absolute atomic E-state index is 6.27. The summed E-state index contributed by atoms with van der Waals surface area (Å²) in [5, 5.41) is 11.4. The van der Waals surface area contributed by atoms with Crippen molar-refractivity contribution in [1.82, 2.24) is 14.8 Å². The van der Waals surface area contributed by atoms with Crippen molar-refractivity contribution in [3.8, 4) is 34.0 Å². The van der Waals surface area contributed by atoms with Gasteiger partial charge in [0.2, 0.25) is 11.8 Å². The highest BCUT2D eigenvalue weighted by Crippen LogP contribution is 2.49. The smallest absolute Gasteiger partial charge is 0.248 e. The third-order valence-corrected chi connectivity index (χ3v) is 8.24. The van der Waals surface area contributed by atoms with E-state index in [2.05, 4.69) is 127 Å². The Hall–Kier alpha value is -4.18. The molecule has 1 aliphatic carbocycles. The minimum atomic E-state index is -0.0698. The van der Waals surface area contributed by atoms with Gasteiger partial charge in [0.1, 0.15) is 0 Å². The Morgan fingerprint density at radius 2 is 1.38 bits per heavy atom. The average molecular weight is 484 g/mol. The third-order valence-electron chi connectivity index (χ3n) is 8.24. The van der Waals surface area contributed by atoms with Crippen molar-refractivity contribution in [3.05, 3.63) is 96.1 Å². The van der Waals surface area contributed by atoms with Gasteiger partial charge in [-0.25, -0.2) is 0 Å². The molecule has 0 saturated carbocycles. The number of benzene rings is 4. The van der Waals surface area contributed by atoms with Crippen LogP contribution in [0.5, 0.6) is 0 Å². The maximum atomic E-state index is 6.27. The van der Waals surface area contributed by atoms with Gasteiger partial charge >= 0.3 is 0 Å². The van der Waals surface area contributed by atoms with Crippen molar-refractivity contribution >= 4 is 21.8 Å². The van der Waals surface area contributed by atoms with Crippen LogP contribution in [0.3, 0.4) is 0 Å². The van der Waals surface area contributed by atoms with Gasteiger partial charge in [-0.3, -0.25) is 0 Å². The van der Waals surface area contributed by atoms with Gasteiger partial charge in [-0.2, -0.15) is 0 Å². The predicted octanol–water partition coefficient (Wildman–Crippen LogP) is 8.79. The van der Waals surface area contributed by atoms with Crippen LogP contribution in [-0.2, 0) is 5.41 Å². The number of fused-ring (bicyclic) bond motifs is 6. The molecule has 2 heterocycles. The molecule has 0 N–H and O–H groups in total. The molecule has 4 nitrogen and oxygen atoms in total. The first-order valence-corrected chi connectivity index (χ1v) is 13.1. The molecule has 1 atom stereocenters. The summed E-state index contributed by atoms with van der Waals surface area (Å²) >= 11 is 0. The Morgan fingerprint density at radius 3 is 2.19 bits per heavy atom. The lowest BCUT2D eigenvalue weighted by molar-refractivity contribution is 0.563. The highest BCUT2D eigenvalue weighted by molar-refractivity contribution is 6.09. The van der Waals surface area contributed by atoms with Gasteiger partial charge in [0.15, 0.2) is 0 Å². The fourth-order valence-electron chi connectivity index (χ4n) is 6.09. The molecule has 37 heavy (non-hydrogen) atoms. The van der Waals surface area contributed by atoms with Crippen molar-refractivity contribution in [2.45, 2.75) is 45.6 Å². The van der Waals surface area contributed by atoms with Gasteiger partial charge in [0.05, 0.1) is 0 Å². The maximum Gasteiger partial charge on any atom is 0.248 e. The summed E-state index contributed by atoms with van der Waals surface area (Å²) in [6.45, 7) is 9.08. The zero-order valence-corrected chi connectivity index (χ0v) is 21.6. The Bertz CT molecular complexity index is 1820. The molecule has 0 saturated heterocycles. The van der Waals surface area contributed by atoms with Gasteiger partial charge in [0.25, 0.3) is 0 Å². The molecule has 1 unspecified atom stereocenters. The second-order valence-corrected chi connectivity index (χ2v) is 10.7. The topological polar surface area (TPSA) is 43.9 Å². The molecule has 182 valence electrons. The van der Waals surface area contributed by atoms with E-state index in [9.17, 15) is 0 Å². The third kappa shape index (κ3) is 3.15. The van der Waals surface area contributed by atoms with Crippen molar-refractivity contribution in [2.24, 2.45) is 0 Å². The highest BCUT2D eigenvalue weighted by atomic mass is 16.4. The van der Waals surface area contributed by atoms with Gasteiger partial charge in [-0.05, 0) is 72.0 Å². The minimum Gasteiger partial charge on any atom is -0.416 e. The second-order valence-electron chi connectivity index (χ2n) is 10.7. The van der Waals surface area contributed by atoms with Gasteiger partial charge < -0.3 is 8.98 Å². The molecule has 0 aliphatic heterocycles. The van der Waals surface area contributed by atoms with E-state index in [4.69, 9.17) is 4.42 Å². The first-order valence-electron chi connectivity index (χ1n) is 13.1. The van der Waals surface area contributed by atoms with Crippen molar-refractivity contribution < 1.29 is 4.42 Å². The monoisotopic (exact) mass is 483 g/mol. The molecular weight excluding hydrogens is 454 g/mol. The number of hydrogen-bond donors (Lipinski definition) is 0. The minimum absolute atomic E-state index is 0.0698. The van der Waals surface area contributed by atoms with Crippen molar-refractivity contribution in [2.75, 3.05) is 0 Å². The average Bonchev–Trinajstić information content (AvgIpc) is 3.61. The number of hydrogen-bond acceptors (Lipinski definition) is 3. The van der Waals surface area contributed by atoms with E-state index in [1.165, 1.54) is 44.1 Å². The lowest BCUT2D eigenvalue weighted by Gasteiger charge is -2.21. The number of aromatic nitrogens is 3. The molecular formula is C33H29N3O. The molecule has 1 aliphatic rings. The summed E-state index contributed by atoms with van der Waals surface area (Å²) in [6, 6.07) is 30.7. The Balaban J connectivity index is 1.31. The van der Waals surface area contributed by atoms with E-state index >= 15 is 0 Å². The molecule has 4 heteroatoms. The highest BCUT2D eigenvalue weighted by Gasteiger charge is 2.35. The Labute approximate surface area is 216 Å². The molecule has 0 spiro atoms. The number of para-hydroxylation sites is 1.